The summed E-state index contributed by atoms with van der Waals surface area (Å²) in [5, 5.41) is 19.4. The summed E-state index contributed by atoms with van der Waals surface area (Å²) < 4.78 is 7.22. The van der Waals surface area contributed by atoms with E-state index in [0.29, 0.717) is 17.0 Å². The van der Waals surface area contributed by atoms with Crippen LogP contribution in [0.4, 0.5) is 0 Å². The molecule has 9 heteroatoms. The number of pyridine rings is 1. The fourth-order valence-electron chi connectivity index (χ4n) is 3.41. The summed E-state index contributed by atoms with van der Waals surface area (Å²) in [7, 11) is 0. The number of amides is 1. The SMILES string of the molecule is N#CCOC1CCC(NC(=O)c2nc(-n3ccnc3)cc3cn[nH]c23)CC1. The smallest absolute Gasteiger partial charge is 0.272 e. The molecule has 0 saturated heterocycles. The molecule has 3 heterocycles. The van der Waals surface area contributed by atoms with Gasteiger partial charge in [0.15, 0.2) is 5.69 Å². The molecule has 0 aliphatic heterocycles. The van der Waals surface area contributed by atoms with Crippen molar-refractivity contribution in [1.82, 2.24) is 30.0 Å². The number of aromatic nitrogens is 5. The van der Waals surface area contributed by atoms with Gasteiger partial charge in [0.05, 0.1) is 23.9 Å². The summed E-state index contributed by atoms with van der Waals surface area (Å²) in [6.07, 6.45) is 10.1. The van der Waals surface area contributed by atoms with E-state index in [1.54, 1.807) is 29.5 Å². The molecule has 1 amide bonds. The van der Waals surface area contributed by atoms with E-state index >= 15 is 0 Å². The third kappa shape index (κ3) is 3.66. The standard InChI is InChI=1S/C18H19N7O2/c19-5-8-27-14-3-1-13(2-4-14)22-18(26)17-16-12(10-21-24-16)9-15(23-17)25-7-6-20-11-25/h6-7,9-11,13-14H,1-4,8H2,(H,21,24)(H,22,26). The maximum absolute atomic E-state index is 12.9. The zero-order valence-electron chi connectivity index (χ0n) is 14.6. The number of carbonyl (C=O) groups excluding carboxylic acids is 1. The van der Waals surface area contributed by atoms with Crippen molar-refractivity contribution in [1.29, 1.82) is 5.26 Å². The molecule has 27 heavy (non-hydrogen) atoms. The van der Waals surface area contributed by atoms with E-state index in [1.165, 1.54) is 0 Å². The Balaban J connectivity index is 1.50. The molecule has 2 N–H and O–H groups in total. The largest absolute Gasteiger partial charge is 0.363 e. The molecule has 4 rings (SSSR count). The van der Waals surface area contributed by atoms with E-state index in [1.807, 2.05) is 12.1 Å². The van der Waals surface area contributed by atoms with Crippen LogP contribution in [0.1, 0.15) is 36.2 Å². The van der Waals surface area contributed by atoms with Gasteiger partial charge in [0.2, 0.25) is 0 Å². The summed E-state index contributed by atoms with van der Waals surface area (Å²) in [4.78, 5) is 21.4. The van der Waals surface area contributed by atoms with Crippen molar-refractivity contribution in [2.75, 3.05) is 6.61 Å². The molecule has 0 radical (unpaired) electrons. The third-order valence-electron chi connectivity index (χ3n) is 4.79. The second-order valence-corrected chi connectivity index (χ2v) is 6.55. The predicted molar refractivity (Wildman–Crippen MR) is 96.1 cm³/mol. The Hall–Kier alpha value is -3.25. The van der Waals surface area contributed by atoms with Gasteiger partial charge in [-0.05, 0) is 31.7 Å². The molecule has 0 aromatic carbocycles. The summed E-state index contributed by atoms with van der Waals surface area (Å²) in [5.41, 5.74) is 0.930. The zero-order valence-corrected chi connectivity index (χ0v) is 14.6. The first-order chi connectivity index (χ1) is 13.2. The van der Waals surface area contributed by atoms with Gasteiger partial charge in [0, 0.05) is 23.8 Å². The molecule has 0 atom stereocenters. The summed E-state index contributed by atoms with van der Waals surface area (Å²) >= 11 is 0. The van der Waals surface area contributed by atoms with Crippen LogP contribution in [0.2, 0.25) is 0 Å². The second kappa shape index (κ2) is 7.55. The number of imidazole rings is 1. The van der Waals surface area contributed by atoms with Gasteiger partial charge in [0.25, 0.3) is 5.91 Å². The fourth-order valence-corrected chi connectivity index (χ4v) is 3.41. The molecule has 1 aliphatic rings. The predicted octanol–water partition coefficient (Wildman–Crippen LogP) is 1.72. The Bertz CT molecular complexity index is 965. The van der Waals surface area contributed by atoms with E-state index in [-0.39, 0.29) is 24.7 Å². The van der Waals surface area contributed by atoms with Crippen molar-refractivity contribution in [3.63, 3.8) is 0 Å². The van der Waals surface area contributed by atoms with E-state index in [4.69, 9.17) is 10.00 Å². The molecule has 0 spiro atoms. The highest BCUT2D eigenvalue weighted by Gasteiger charge is 2.25. The summed E-state index contributed by atoms with van der Waals surface area (Å²) in [6, 6.07) is 3.92. The maximum atomic E-state index is 12.9. The average molecular weight is 365 g/mol. The van der Waals surface area contributed by atoms with E-state index in [2.05, 4.69) is 25.5 Å². The number of aromatic amines is 1. The molecular weight excluding hydrogens is 346 g/mol. The Labute approximate surface area is 155 Å². The number of nitrogens with one attached hydrogen (secondary N) is 2. The van der Waals surface area contributed by atoms with Crippen molar-refractivity contribution >= 4 is 16.8 Å². The van der Waals surface area contributed by atoms with Crippen LogP contribution < -0.4 is 5.32 Å². The van der Waals surface area contributed by atoms with Gasteiger partial charge in [-0.3, -0.25) is 14.5 Å². The number of hydrogen-bond acceptors (Lipinski definition) is 6. The Kier molecular flexibility index (Phi) is 4.80. The molecule has 138 valence electrons. The first-order valence-corrected chi connectivity index (χ1v) is 8.86. The van der Waals surface area contributed by atoms with Crippen LogP contribution in [-0.2, 0) is 4.74 Å². The number of nitriles is 1. The first-order valence-electron chi connectivity index (χ1n) is 8.86. The number of nitrogens with zero attached hydrogens (tertiary/aromatic N) is 5. The quantitative estimate of drug-likeness (QED) is 0.710. The molecule has 0 bridgehead atoms. The molecule has 3 aromatic heterocycles. The Morgan fingerprint density at radius 2 is 2.26 bits per heavy atom. The number of rotatable bonds is 5. The van der Waals surface area contributed by atoms with Crippen LogP contribution in [0.3, 0.4) is 0 Å². The highest BCUT2D eigenvalue weighted by molar-refractivity contribution is 6.04. The van der Waals surface area contributed by atoms with E-state index in [0.717, 1.165) is 31.1 Å². The van der Waals surface area contributed by atoms with Crippen molar-refractivity contribution in [3.05, 3.63) is 36.7 Å². The zero-order chi connectivity index (χ0) is 18.6. The Morgan fingerprint density at radius 3 is 3.00 bits per heavy atom. The lowest BCUT2D eigenvalue weighted by molar-refractivity contribution is 0.0411. The minimum absolute atomic E-state index is 0.0658. The average Bonchev–Trinajstić information content (AvgIpc) is 3.38. The topological polar surface area (TPSA) is 122 Å². The van der Waals surface area contributed by atoms with Crippen LogP contribution in [0.25, 0.3) is 16.7 Å². The number of ether oxygens (including phenoxy) is 1. The van der Waals surface area contributed by atoms with Gasteiger partial charge in [-0.1, -0.05) is 0 Å². The van der Waals surface area contributed by atoms with Gasteiger partial charge in [-0.2, -0.15) is 10.4 Å². The molecule has 1 aliphatic carbocycles. The van der Waals surface area contributed by atoms with Gasteiger partial charge in [-0.25, -0.2) is 9.97 Å². The number of hydrogen-bond donors (Lipinski definition) is 2. The van der Waals surface area contributed by atoms with E-state index in [9.17, 15) is 4.79 Å². The molecule has 1 saturated carbocycles. The fraction of sp³-hybridized carbons (Fsp3) is 0.389. The van der Waals surface area contributed by atoms with Crippen molar-refractivity contribution in [3.8, 4) is 11.9 Å². The molecule has 9 nitrogen and oxygen atoms in total. The number of H-pyrrole nitrogens is 1. The lowest BCUT2D eigenvalue weighted by atomic mass is 9.93. The monoisotopic (exact) mass is 365 g/mol. The van der Waals surface area contributed by atoms with Crippen LogP contribution >= 0.6 is 0 Å². The molecule has 0 unspecified atom stereocenters. The maximum Gasteiger partial charge on any atom is 0.272 e. The minimum atomic E-state index is -0.229. The van der Waals surface area contributed by atoms with Crippen LogP contribution in [-0.4, -0.2) is 49.4 Å². The van der Waals surface area contributed by atoms with Crippen molar-refractivity contribution in [2.45, 2.75) is 37.8 Å². The van der Waals surface area contributed by atoms with Gasteiger partial charge >= 0.3 is 0 Å². The molecule has 3 aromatic rings. The van der Waals surface area contributed by atoms with Crippen molar-refractivity contribution in [2.24, 2.45) is 0 Å². The number of fused-ring (bicyclic) bond motifs is 1. The number of carbonyl (C=O) groups is 1. The second-order valence-electron chi connectivity index (χ2n) is 6.55. The van der Waals surface area contributed by atoms with Gasteiger partial charge < -0.3 is 10.1 Å². The Morgan fingerprint density at radius 1 is 1.41 bits per heavy atom. The van der Waals surface area contributed by atoms with Gasteiger partial charge in [-0.15, -0.1) is 0 Å². The van der Waals surface area contributed by atoms with Crippen LogP contribution in [0, 0.1) is 11.3 Å². The lowest BCUT2D eigenvalue weighted by Crippen LogP contribution is -2.39. The van der Waals surface area contributed by atoms with Crippen LogP contribution in [0.5, 0.6) is 0 Å². The summed E-state index contributed by atoms with van der Waals surface area (Å²) in [6.45, 7) is 0.116. The highest BCUT2D eigenvalue weighted by Crippen LogP contribution is 2.23. The summed E-state index contributed by atoms with van der Waals surface area (Å²) in [5.74, 6) is 0.382. The van der Waals surface area contributed by atoms with E-state index < -0.39 is 0 Å². The molecular formula is C18H19N7O2. The lowest BCUT2D eigenvalue weighted by Gasteiger charge is -2.28. The highest BCUT2D eigenvalue weighted by atomic mass is 16.5. The van der Waals surface area contributed by atoms with Crippen molar-refractivity contribution < 1.29 is 9.53 Å². The third-order valence-corrected chi connectivity index (χ3v) is 4.79. The van der Waals surface area contributed by atoms with Crippen LogP contribution in [0.15, 0.2) is 31.0 Å². The minimum Gasteiger partial charge on any atom is -0.363 e. The normalized spacial score (nSPS) is 19.7. The van der Waals surface area contributed by atoms with Gasteiger partial charge in [0.1, 0.15) is 18.8 Å². The first kappa shape index (κ1) is 17.2. The molecule has 1 fully saturated rings.